The number of rotatable bonds is 6. The molecule has 1 saturated carbocycles. The van der Waals surface area contributed by atoms with Gasteiger partial charge < -0.3 is 10.0 Å². The highest BCUT2D eigenvalue weighted by Gasteiger charge is 2.20. The number of nitro benzene ring substituents is 1. The van der Waals surface area contributed by atoms with E-state index < -0.39 is 10.9 Å². The number of anilines is 1. The number of hydrogen-bond donors (Lipinski definition) is 1. The average Bonchev–Trinajstić information content (AvgIpc) is 2.39. The van der Waals surface area contributed by atoms with E-state index in [-0.39, 0.29) is 5.69 Å². The normalized spacial score (nSPS) is 14.9. The molecule has 0 radical (unpaired) electrons. The third kappa shape index (κ3) is 3.81. The second kappa shape index (κ2) is 6.39. The van der Waals surface area contributed by atoms with E-state index in [1.165, 1.54) is 37.5 Å². The number of nitro groups is 1. The van der Waals surface area contributed by atoms with Crippen LogP contribution in [0, 0.1) is 16.0 Å². The molecule has 0 spiro atoms. The highest BCUT2D eigenvalue weighted by Crippen LogP contribution is 2.31. The molecule has 0 atom stereocenters. The maximum Gasteiger partial charge on any atom is 0.328 e. The summed E-state index contributed by atoms with van der Waals surface area (Å²) in [5.74, 6) is -0.421. The first-order valence-corrected chi connectivity index (χ1v) is 6.88. The molecule has 1 aliphatic carbocycles. The van der Waals surface area contributed by atoms with Crippen molar-refractivity contribution < 1.29 is 14.8 Å². The lowest BCUT2D eigenvalue weighted by atomic mass is 9.85. The fourth-order valence-electron chi connectivity index (χ4n) is 2.46. The number of nitrogens with zero attached hydrogens (tertiary/aromatic N) is 2. The number of carboxylic acids is 1. The van der Waals surface area contributed by atoms with Crippen molar-refractivity contribution in [2.75, 3.05) is 18.5 Å². The molecule has 0 aliphatic heterocycles. The Labute approximate surface area is 122 Å². The minimum Gasteiger partial charge on any atom is -0.478 e. The van der Waals surface area contributed by atoms with Gasteiger partial charge in [-0.3, -0.25) is 10.1 Å². The van der Waals surface area contributed by atoms with Crippen LogP contribution in [-0.4, -0.2) is 29.6 Å². The zero-order valence-corrected chi connectivity index (χ0v) is 11.9. The first kappa shape index (κ1) is 15.0. The number of carbonyl (C=O) groups is 1. The van der Waals surface area contributed by atoms with Gasteiger partial charge in [0, 0.05) is 43.1 Å². The van der Waals surface area contributed by atoms with Crippen LogP contribution in [0.3, 0.4) is 0 Å². The van der Waals surface area contributed by atoms with E-state index in [2.05, 4.69) is 0 Å². The van der Waals surface area contributed by atoms with Crippen LogP contribution in [0.1, 0.15) is 24.8 Å². The van der Waals surface area contributed by atoms with E-state index in [4.69, 9.17) is 5.11 Å². The summed E-state index contributed by atoms with van der Waals surface area (Å²) in [5, 5.41) is 19.6. The minimum atomic E-state index is -1.07. The molecule has 21 heavy (non-hydrogen) atoms. The number of benzene rings is 1. The summed E-state index contributed by atoms with van der Waals surface area (Å²) in [7, 11) is 1.93. The van der Waals surface area contributed by atoms with Gasteiger partial charge in [0.2, 0.25) is 0 Å². The summed E-state index contributed by atoms with van der Waals surface area (Å²) in [6.45, 7) is 0.881. The predicted molar refractivity (Wildman–Crippen MR) is 80.4 cm³/mol. The first-order chi connectivity index (χ1) is 9.97. The molecule has 6 heteroatoms. The summed E-state index contributed by atoms with van der Waals surface area (Å²) < 4.78 is 0. The van der Waals surface area contributed by atoms with Crippen molar-refractivity contribution in [1.29, 1.82) is 0 Å². The van der Waals surface area contributed by atoms with Gasteiger partial charge in [-0.2, -0.15) is 0 Å². The van der Waals surface area contributed by atoms with Crippen molar-refractivity contribution in [3.8, 4) is 0 Å². The largest absolute Gasteiger partial charge is 0.478 e. The lowest BCUT2D eigenvalue weighted by Crippen LogP contribution is -2.29. The van der Waals surface area contributed by atoms with Crippen LogP contribution in [0.5, 0.6) is 0 Å². The molecule has 0 saturated heterocycles. The Balaban J connectivity index is 2.28. The molecule has 0 bridgehead atoms. The van der Waals surface area contributed by atoms with Gasteiger partial charge >= 0.3 is 5.97 Å². The van der Waals surface area contributed by atoms with E-state index >= 15 is 0 Å². The van der Waals surface area contributed by atoms with Crippen molar-refractivity contribution in [3.05, 3.63) is 40.0 Å². The molecule has 6 nitrogen and oxygen atoms in total. The van der Waals surface area contributed by atoms with Crippen LogP contribution in [0.15, 0.2) is 24.3 Å². The Hall–Kier alpha value is -2.37. The van der Waals surface area contributed by atoms with Gasteiger partial charge in [-0.15, -0.1) is 0 Å². The molecule has 2 rings (SSSR count). The van der Waals surface area contributed by atoms with Crippen LogP contribution >= 0.6 is 0 Å². The van der Waals surface area contributed by atoms with E-state index in [0.717, 1.165) is 18.3 Å². The molecule has 0 aromatic heterocycles. The minimum absolute atomic E-state index is 0.0409. The van der Waals surface area contributed by atoms with Crippen molar-refractivity contribution >= 4 is 23.4 Å². The SMILES string of the molecule is CN(CC1CCC1)c1ccc([N+](=O)[O-])cc1C=CC(=O)O. The highest BCUT2D eigenvalue weighted by atomic mass is 16.6. The van der Waals surface area contributed by atoms with Gasteiger partial charge in [-0.25, -0.2) is 4.79 Å². The molecule has 0 unspecified atom stereocenters. The van der Waals surface area contributed by atoms with Gasteiger partial charge in [0.1, 0.15) is 0 Å². The molecule has 0 heterocycles. The van der Waals surface area contributed by atoms with Gasteiger partial charge in [0.25, 0.3) is 5.69 Å². The monoisotopic (exact) mass is 290 g/mol. The summed E-state index contributed by atoms with van der Waals surface area (Å²) in [5.41, 5.74) is 1.32. The van der Waals surface area contributed by atoms with Gasteiger partial charge in [-0.1, -0.05) is 6.42 Å². The van der Waals surface area contributed by atoms with Gasteiger partial charge in [0.05, 0.1) is 4.92 Å². The molecule has 0 amide bonds. The highest BCUT2D eigenvalue weighted by molar-refractivity contribution is 5.87. The topological polar surface area (TPSA) is 83.7 Å². The van der Waals surface area contributed by atoms with Crippen LogP contribution in [0.25, 0.3) is 6.08 Å². The number of non-ortho nitro benzene ring substituents is 1. The smallest absolute Gasteiger partial charge is 0.328 e. The number of hydrogen-bond acceptors (Lipinski definition) is 4. The van der Waals surface area contributed by atoms with Crippen LogP contribution in [0.2, 0.25) is 0 Å². The molecular weight excluding hydrogens is 272 g/mol. The maximum atomic E-state index is 10.9. The third-order valence-corrected chi connectivity index (χ3v) is 3.80. The summed E-state index contributed by atoms with van der Waals surface area (Å²) in [4.78, 5) is 23.1. The Kier molecular flexibility index (Phi) is 4.57. The van der Waals surface area contributed by atoms with E-state index in [1.54, 1.807) is 6.07 Å². The van der Waals surface area contributed by atoms with E-state index in [9.17, 15) is 14.9 Å². The zero-order valence-electron chi connectivity index (χ0n) is 11.9. The fraction of sp³-hybridized carbons (Fsp3) is 0.400. The van der Waals surface area contributed by atoms with Crippen molar-refractivity contribution in [2.24, 2.45) is 5.92 Å². The molecule has 1 fully saturated rings. The van der Waals surface area contributed by atoms with Crippen LogP contribution in [-0.2, 0) is 4.79 Å². The number of aliphatic carboxylic acids is 1. The summed E-state index contributed by atoms with van der Waals surface area (Å²) in [6.07, 6.45) is 6.07. The van der Waals surface area contributed by atoms with E-state index in [0.29, 0.717) is 11.5 Å². The Bertz CT molecular complexity index is 579. The summed E-state index contributed by atoms with van der Waals surface area (Å²) in [6, 6.07) is 4.54. The Morgan fingerprint density at radius 1 is 1.52 bits per heavy atom. The fourth-order valence-corrected chi connectivity index (χ4v) is 2.46. The lowest BCUT2D eigenvalue weighted by molar-refractivity contribution is -0.384. The second-order valence-electron chi connectivity index (χ2n) is 5.35. The molecule has 1 N–H and O–H groups in total. The molecule has 1 aromatic carbocycles. The lowest BCUT2D eigenvalue weighted by Gasteiger charge is -2.32. The quantitative estimate of drug-likeness (QED) is 0.494. The standard InChI is InChI=1S/C15H18N2O4/c1-16(10-11-3-2-4-11)14-7-6-13(17(20)21)9-12(14)5-8-15(18)19/h5-9,11H,2-4,10H2,1H3,(H,18,19). The second-order valence-corrected chi connectivity index (χ2v) is 5.35. The third-order valence-electron chi connectivity index (χ3n) is 3.80. The number of carboxylic acid groups (broad SMARTS) is 1. The zero-order chi connectivity index (χ0) is 15.4. The van der Waals surface area contributed by atoms with Gasteiger partial charge in [-0.05, 0) is 30.9 Å². The Morgan fingerprint density at radius 3 is 2.76 bits per heavy atom. The average molecular weight is 290 g/mol. The summed E-state index contributed by atoms with van der Waals surface area (Å²) >= 11 is 0. The molecule has 1 aliphatic rings. The molecule has 112 valence electrons. The van der Waals surface area contributed by atoms with Crippen LogP contribution in [0.4, 0.5) is 11.4 Å². The van der Waals surface area contributed by atoms with E-state index in [1.807, 2.05) is 11.9 Å². The van der Waals surface area contributed by atoms with Crippen LogP contribution < -0.4 is 4.90 Å². The van der Waals surface area contributed by atoms with Gasteiger partial charge in [0.15, 0.2) is 0 Å². The molecular formula is C15H18N2O4. The first-order valence-electron chi connectivity index (χ1n) is 6.88. The predicted octanol–water partition coefficient (Wildman–Crippen LogP) is 2.93. The van der Waals surface area contributed by atoms with Crippen molar-refractivity contribution in [1.82, 2.24) is 0 Å². The van der Waals surface area contributed by atoms with Crippen molar-refractivity contribution in [3.63, 3.8) is 0 Å². The molecule has 1 aromatic rings. The van der Waals surface area contributed by atoms with Crippen molar-refractivity contribution in [2.45, 2.75) is 19.3 Å². The Morgan fingerprint density at radius 2 is 2.24 bits per heavy atom. The maximum absolute atomic E-state index is 10.9.